The number of nitrogens with zero attached hydrogens (tertiary/aromatic N) is 1. The molecule has 0 aromatic heterocycles. The lowest BCUT2D eigenvalue weighted by molar-refractivity contribution is -0.132. The molecule has 0 bridgehead atoms. The summed E-state index contributed by atoms with van der Waals surface area (Å²) >= 11 is 0. The van der Waals surface area contributed by atoms with E-state index in [-0.39, 0.29) is 30.5 Å². The second kappa shape index (κ2) is 9.78. The Bertz CT molecular complexity index is 217. The molecular formula is C10H21F3IN3. The second-order valence-electron chi connectivity index (χ2n) is 3.97. The van der Waals surface area contributed by atoms with Crippen molar-refractivity contribution in [2.75, 3.05) is 20.1 Å². The topological polar surface area (TPSA) is 36.4 Å². The van der Waals surface area contributed by atoms with Crippen molar-refractivity contribution in [2.45, 2.75) is 32.9 Å². The standard InChI is InChI=1S/C10H20F3N3.HI/c1-8(2)4-6-15-9(14-3)16-7-5-10(11,12)13;/h8H,4-7H2,1-3H3,(H2,14,15,16);1H. The Balaban J connectivity index is 0. The molecule has 0 rings (SSSR count). The maximum absolute atomic E-state index is 11.9. The van der Waals surface area contributed by atoms with E-state index in [1.54, 1.807) is 0 Å². The molecule has 2 N–H and O–H groups in total. The first-order valence-corrected chi connectivity index (χ1v) is 5.36. The lowest BCUT2D eigenvalue weighted by Gasteiger charge is -2.13. The zero-order valence-electron chi connectivity index (χ0n) is 10.4. The fourth-order valence-electron chi connectivity index (χ4n) is 1.02. The molecule has 0 aliphatic carbocycles. The smallest absolute Gasteiger partial charge is 0.356 e. The highest BCUT2D eigenvalue weighted by Gasteiger charge is 2.26. The van der Waals surface area contributed by atoms with Crippen LogP contribution in [0, 0.1) is 5.92 Å². The summed E-state index contributed by atoms with van der Waals surface area (Å²) in [6.07, 6.45) is -4.01. The van der Waals surface area contributed by atoms with E-state index < -0.39 is 12.6 Å². The molecule has 0 radical (unpaired) electrons. The normalized spacial score (nSPS) is 12.3. The van der Waals surface area contributed by atoms with Crippen molar-refractivity contribution in [3.63, 3.8) is 0 Å². The highest BCUT2D eigenvalue weighted by Crippen LogP contribution is 2.17. The molecule has 0 amide bonds. The molecule has 0 saturated carbocycles. The Morgan fingerprint density at radius 2 is 1.71 bits per heavy atom. The SMILES string of the molecule is CN=C(NCCC(C)C)NCCC(F)(F)F.I. The average Bonchev–Trinajstić information content (AvgIpc) is 2.13. The third-order valence-electron chi connectivity index (χ3n) is 1.94. The minimum atomic E-state index is -4.12. The van der Waals surface area contributed by atoms with Crippen LogP contribution in [0.15, 0.2) is 4.99 Å². The van der Waals surface area contributed by atoms with Gasteiger partial charge in [-0.3, -0.25) is 4.99 Å². The molecule has 3 nitrogen and oxygen atoms in total. The van der Waals surface area contributed by atoms with Gasteiger partial charge in [-0.2, -0.15) is 13.2 Å². The van der Waals surface area contributed by atoms with Crippen molar-refractivity contribution in [1.82, 2.24) is 10.6 Å². The van der Waals surface area contributed by atoms with Crippen LogP contribution in [0.2, 0.25) is 0 Å². The number of rotatable bonds is 5. The van der Waals surface area contributed by atoms with Gasteiger partial charge in [0.15, 0.2) is 5.96 Å². The summed E-state index contributed by atoms with van der Waals surface area (Å²) in [5, 5.41) is 5.58. The van der Waals surface area contributed by atoms with Crippen LogP contribution < -0.4 is 10.6 Å². The third-order valence-corrected chi connectivity index (χ3v) is 1.94. The van der Waals surface area contributed by atoms with Gasteiger partial charge in [-0.05, 0) is 12.3 Å². The van der Waals surface area contributed by atoms with Gasteiger partial charge in [0, 0.05) is 20.1 Å². The number of aliphatic imine (C=N–C) groups is 1. The quantitative estimate of drug-likeness (QED) is 0.446. The van der Waals surface area contributed by atoms with Gasteiger partial charge in [-0.25, -0.2) is 0 Å². The summed E-state index contributed by atoms with van der Waals surface area (Å²) in [5.41, 5.74) is 0. The van der Waals surface area contributed by atoms with Crippen LogP contribution in [-0.4, -0.2) is 32.3 Å². The summed E-state index contributed by atoms with van der Waals surface area (Å²) < 4.78 is 35.6. The largest absolute Gasteiger partial charge is 0.390 e. The van der Waals surface area contributed by atoms with E-state index in [1.807, 2.05) is 0 Å². The van der Waals surface area contributed by atoms with E-state index >= 15 is 0 Å². The molecule has 0 saturated heterocycles. The van der Waals surface area contributed by atoms with Gasteiger partial charge >= 0.3 is 6.18 Å². The fourth-order valence-corrected chi connectivity index (χ4v) is 1.02. The molecule has 0 unspecified atom stereocenters. The van der Waals surface area contributed by atoms with Gasteiger partial charge in [-0.15, -0.1) is 24.0 Å². The van der Waals surface area contributed by atoms with Gasteiger partial charge in [0.25, 0.3) is 0 Å². The molecule has 0 spiro atoms. The van der Waals surface area contributed by atoms with Crippen molar-refractivity contribution in [1.29, 1.82) is 0 Å². The molecule has 7 heteroatoms. The summed E-state index contributed by atoms with van der Waals surface area (Å²) in [6.45, 7) is 4.73. The minimum absolute atomic E-state index is 0. The molecule has 0 heterocycles. The number of hydrogen-bond acceptors (Lipinski definition) is 1. The van der Waals surface area contributed by atoms with Crippen molar-refractivity contribution in [2.24, 2.45) is 10.9 Å². The average molecular weight is 367 g/mol. The van der Waals surface area contributed by atoms with Crippen molar-refractivity contribution >= 4 is 29.9 Å². The Labute approximate surface area is 118 Å². The number of alkyl halides is 3. The van der Waals surface area contributed by atoms with E-state index in [1.165, 1.54) is 7.05 Å². The summed E-state index contributed by atoms with van der Waals surface area (Å²) in [4.78, 5) is 3.83. The lowest BCUT2D eigenvalue weighted by Crippen LogP contribution is -2.39. The number of hydrogen-bond donors (Lipinski definition) is 2. The Morgan fingerprint density at radius 3 is 2.12 bits per heavy atom. The van der Waals surface area contributed by atoms with Crippen LogP contribution in [0.1, 0.15) is 26.7 Å². The minimum Gasteiger partial charge on any atom is -0.356 e. The third kappa shape index (κ3) is 13.7. The molecule has 104 valence electrons. The van der Waals surface area contributed by atoms with Gasteiger partial charge in [0.1, 0.15) is 0 Å². The molecule has 0 aliphatic rings. The van der Waals surface area contributed by atoms with Crippen LogP contribution in [0.3, 0.4) is 0 Å². The molecule has 0 aliphatic heterocycles. The zero-order valence-corrected chi connectivity index (χ0v) is 12.7. The van der Waals surface area contributed by atoms with E-state index in [0.717, 1.165) is 6.42 Å². The number of guanidine groups is 1. The first-order valence-electron chi connectivity index (χ1n) is 5.36. The highest BCUT2D eigenvalue weighted by molar-refractivity contribution is 14.0. The lowest BCUT2D eigenvalue weighted by atomic mass is 10.1. The first-order chi connectivity index (χ1) is 7.35. The van der Waals surface area contributed by atoms with E-state index in [9.17, 15) is 13.2 Å². The van der Waals surface area contributed by atoms with Crippen LogP contribution in [0.4, 0.5) is 13.2 Å². The Kier molecular flexibility index (Phi) is 11.0. The predicted molar refractivity (Wildman–Crippen MR) is 74.9 cm³/mol. The predicted octanol–water partition coefficient (Wildman–Crippen LogP) is 2.77. The summed E-state index contributed by atoms with van der Waals surface area (Å²) in [5.74, 6) is 0.977. The van der Waals surface area contributed by atoms with Gasteiger partial charge in [-0.1, -0.05) is 13.8 Å². The second-order valence-corrected chi connectivity index (χ2v) is 3.97. The summed E-state index contributed by atoms with van der Waals surface area (Å²) in [7, 11) is 1.54. The zero-order chi connectivity index (χ0) is 12.6. The van der Waals surface area contributed by atoms with Crippen molar-refractivity contribution in [3.05, 3.63) is 0 Å². The molecule has 0 aromatic carbocycles. The highest BCUT2D eigenvalue weighted by atomic mass is 127. The van der Waals surface area contributed by atoms with Crippen molar-refractivity contribution in [3.8, 4) is 0 Å². The van der Waals surface area contributed by atoms with Crippen LogP contribution >= 0.6 is 24.0 Å². The van der Waals surface area contributed by atoms with Crippen LogP contribution in [0.25, 0.3) is 0 Å². The molecule has 0 atom stereocenters. The van der Waals surface area contributed by atoms with E-state index in [4.69, 9.17) is 0 Å². The Hall–Kier alpha value is -0.210. The van der Waals surface area contributed by atoms with E-state index in [0.29, 0.717) is 18.4 Å². The number of halogens is 4. The first kappa shape index (κ1) is 19.1. The van der Waals surface area contributed by atoms with Crippen LogP contribution in [0.5, 0.6) is 0 Å². The molecule has 0 fully saturated rings. The molecule has 17 heavy (non-hydrogen) atoms. The van der Waals surface area contributed by atoms with Crippen LogP contribution in [-0.2, 0) is 0 Å². The maximum atomic E-state index is 11.9. The monoisotopic (exact) mass is 367 g/mol. The van der Waals surface area contributed by atoms with Gasteiger partial charge in [0.05, 0.1) is 6.42 Å². The van der Waals surface area contributed by atoms with Gasteiger partial charge < -0.3 is 10.6 Å². The fraction of sp³-hybridized carbons (Fsp3) is 0.900. The van der Waals surface area contributed by atoms with E-state index in [2.05, 4.69) is 29.5 Å². The summed E-state index contributed by atoms with van der Waals surface area (Å²) in [6, 6.07) is 0. The number of nitrogens with one attached hydrogen (secondary N) is 2. The maximum Gasteiger partial charge on any atom is 0.390 e. The molecule has 0 aromatic rings. The Morgan fingerprint density at radius 1 is 1.18 bits per heavy atom. The van der Waals surface area contributed by atoms with Crippen molar-refractivity contribution < 1.29 is 13.2 Å². The van der Waals surface area contributed by atoms with Gasteiger partial charge in [0.2, 0.25) is 0 Å². The molecular weight excluding hydrogens is 346 g/mol.